The number of halogens is 2. The molecule has 0 aliphatic carbocycles. The van der Waals surface area contributed by atoms with Gasteiger partial charge in [0.05, 0.1) is 27.9 Å². The highest BCUT2D eigenvalue weighted by Gasteiger charge is 2.47. The number of hydrazone groups is 1. The van der Waals surface area contributed by atoms with Crippen molar-refractivity contribution >= 4 is 59.0 Å². The Kier molecular flexibility index (Phi) is 6.23. The Morgan fingerprint density at radius 2 is 1.47 bits per heavy atom. The number of para-hydroxylation sites is 2. The van der Waals surface area contributed by atoms with Crippen LogP contribution in [0.5, 0.6) is 0 Å². The molecule has 2 aliphatic heterocycles. The van der Waals surface area contributed by atoms with Crippen molar-refractivity contribution < 1.29 is 0 Å². The highest BCUT2D eigenvalue weighted by molar-refractivity contribution is 7.80. The molecule has 4 aromatic rings. The standard InChI is InChI=1S/C31H27Cl2N4P/c1-31(2)25-16-10-11-17-28(25)36(3)30(31)29-21-34-37(23-12-6-4-7-13-23)38(29,24-14-8-5-9-15-24)35-27-20-22(32)18-19-26(27)33/h4-21H,1-3H3. The van der Waals surface area contributed by atoms with E-state index in [0.29, 0.717) is 15.7 Å². The minimum absolute atomic E-state index is 0.271. The minimum Gasteiger partial charge on any atom is -0.346 e. The summed E-state index contributed by atoms with van der Waals surface area (Å²) < 4.78 is 7.68. The molecule has 4 nitrogen and oxygen atoms in total. The lowest BCUT2D eigenvalue weighted by atomic mass is 9.84. The van der Waals surface area contributed by atoms with Crippen molar-refractivity contribution in [2.24, 2.45) is 9.85 Å². The van der Waals surface area contributed by atoms with Crippen molar-refractivity contribution in [3.05, 3.63) is 130 Å². The first-order valence-corrected chi connectivity index (χ1v) is 14.9. The lowest BCUT2D eigenvalue weighted by molar-refractivity contribution is 0.640. The van der Waals surface area contributed by atoms with E-state index in [1.165, 1.54) is 16.9 Å². The second kappa shape index (κ2) is 9.47. The SMILES string of the molecule is CN1C(=C2C=NN(c3ccccc3)P2(=Nc2cc(Cl)ccc2Cl)c2ccccc2)C(C)(C)c2ccccc21. The third-order valence-electron chi connectivity index (χ3n) is 7.27. The number of likely N-dealkylation sites (N-methyl/N-ethyl adjacent to an activating group) is 1. The lowest BCUT2D eigenvalue weighted by Gasteiger charge is -2.35. The Hall–Kier alpha value is -3.30. The Morgan fingerprint density at radius 1 is 0.816 bits per heavy atom. The van der Waals surface area contributed by atoms with Gasteiger partial charge in [-0.1, -0.05) is 104 Å². The third-order valence-corrected chi connectivity index (χ3v) is 11.2. The summed E-state index contributed by atoms with van der Waals surface area (Å²) in [6.45, 7) is 4.56. The minimum atomic E-state index is -2.77. The van der Waals surface area contributed by atoms with Crippen LogP contribution in [0, 0.1) is 0 Å². The van der Waals surface area contributed by atoms with Gasteiger partial charge in [0.15, 0.2) is 0 Å². The van der Waals surface area contributed by atoms with Gasteiger partial charge >= 0.3 is 0 Å². The maximum atomic E-state index is 6.76. The summed E-state index contributed by atoms with van der Waals surface area (Å²) in [4.78, 5) is 2.30. The van der Waals surface area contributed by atoms with Gasteiger partial charge in [-0.05, 0) is 42.0 Å². The summed E-state index contributed by atoms with van der Waals surface area (Å²) in [6.07, 6.45) is 2.01. The number of allylic oxidation sites excluding steroid dienone is 2. The predicted molar refractivity (Wildman–Crippen MR) is 164 cm³/mol. The first kappa shape index (κ1) is 25.0. The van der Waals surface area contributed by atoms with E-state index in [1.807, 2.05) is 42.6 Å². The van der Waals surface area contributed by atoms with Crippen molar-refractivity contribution in [1.29, 1.82) is 0 Å². The maximum absolute atomic E-state index is 6.76. The van der Waals surface area contributed by atoms with Gasteiger partial charge in [0.2, 0.25) is 0 Å². The molecule has 190 valence electrons. The summed E-state index contributed by atoms with van der Waals surface area (Å²) in [7, 11) is -0.634. The number of anilines is 2. The van der Waals surface area contributed by atoms with Gasteiger partial charge < -0.3 is 4.90 Å². The largest absolute Gasteiger partial charge is 0.346 e. The fourth-order valence-electron chi connectivity index (χ4n) is 5.58. The van der Waals surface area contributed by atoms with Crippen LogP contribution < -0.4 is 15.0 Å². The molecule has 0 bridgehead atoms. The van der Waals surface area contributed by atoms with Crippen LogP contribution in [0.1, 0.15) is 19.4 Å². The Balaban J connectivity index is 1.77. The summed E-state index contributed by atoms with van der Waals surface area (Å²) in [5, 5.41) is 8.39. The molecule has 0 aromatic heterocycles. The molecule has 0 spiro atoms. The smallest absolute Gasteiger partial charge is 0.141 e. The average Bonchev–Trinajstić information content (AvgIpc) is 3.39. The number of benzene rings is 4. The first-order chi connectivity index (χ1) is 18.3. The summed E-state index contributed by atoms with van der Waals surface area (Å²) >= 11 is 13.2. The maximum Gasteiger partial charge on any atom is 0.141 e. The van der Waals surface area contributed by atoms with Gasteiger partial charge in [-0.15, -0.1) is 0 Å². The van der Waals surface area contributed by atoms with E-state index in [0.717, 1.165) is 16.3 Å². The molecule has 1 atom stereocenters. The predicted octanol–water partition coefficient (Wildman–Crippen LogP) is 9.21. The molecule has 7 heteroatoms. The van der Waals surface area contributed by atoms with E-state index in [9.17, 15) is 0 Å². The van der Waals surface area contributed by atoms with Crippen molar-refractivity contribution in [2.75, 3.05) is 16.7 Å². The molecule has 0 amide bonds. The van der Waals surface area contributed by atoms with Gasteiger partial charge in [-0.2, -0.15) is 5.10 Å². The second-order valence-electron chi connectivity index (χ2n) is 9.94. The zero-order valence-corrected chi connectivity index (χ0v) is 23.8. The van der Waals surface area contributed by atoms with Crippen LogP contribution in [0.3, 0.4) is 0 Å². The Labute approximate surface area is 233 Å². The third kappa shape index (κ3) is 3.82. The fourth-order valence-corrected chi connectivity index (χ4v) is 9.65. The van der Waals surface area contributed by atoms with Gasteiger partial charge in [0.1, 0.15) is 7.21 Å². The van der Waals surface area contributed by atoms with E-state index in [1.54, 1.807) is 6.07 Å². The van der Waals surface area contributed by atoms with Crippen LogP contribution in [0.15, 0.2) is 124 Å². The van der Waals surface area contributed by atoms with Crippen LogP contribution in [0.25, 0.3) is 0 Å². The molecule has 6 rings (SSSR count). The van der Waals surface area contributed by atoms with Crippen LogP contribution in [-0.2, 0) is 5.41 Å². The normalized spacial score (nSPS) is 21.6. The van der Waals surface area contributed by atoms with Gasteiger partial charge in [0, 0.05) is 34.2 Å². The Morgan fingerprint density at radius 3 is 2.18 bits per heavy atom. The molecule has 0 N–H and O–H groups in total. The molecule has 0 saturated carbocycles. The highest BCUT2D eigenvalue weighted by atomic mass is 35.5. The second-order valence-corrected chi connectivity index (χ2v) is 13.6. The van der Waals surface area contributed by atoms with Crippen LogP contribution in [0.2, 0.25) is 10.0 Å². The highest BCUT2D eigenvalue weighted by Crippen LogP contribution is 2.68. The molecule has 2 aliphatic rings. The molecule has 0 fully saturated rings. The zero-order chi connectivity index (χ0) is 26.5. The number of rotatable bonds is 3. The molecule has 2 heterocycles. The van der Waals surface area contributed by atoms with Crippen molar-refractivity contribution in [3.8, 4) is 0 Å². The number of hydrogen-bond donors (Lipinski definition) is 0. The van der Waals surface area contributed by atoms with Crippen LogP contribution in [-0.4, -0.2) is 13.3 Å². The number of hydrogen-bond acceptors (Lipinski definition) is 3. The topological polar surface area (TPSA) is 31.2 Å². The first-order valence-electron chi connectivity index (χ1n) is 12.5. The van der Waals surface area contributed by atoms with Gasteiger partial charge in [-0.25, -0.2) is 9.52 Å². The summed E-state index contributed by atoms with van der Waals surface area (Å²) in [5.41, 5.74) is 5.00. The molecular weight excluding hydrogens is 530 g/mol. The molecule has 4 aromatic carbocycles. The van der Waals surface area contributed by atoms with Crippen molar-refractivity contribution in [2.45, 2.75) is 19.3 Å². The zero-order valence-electron chi connectivity index (χ0n) is 21.4. The number of nitrogens with zero attached hydrogens (tertiary/aromatic N) is 4. The Bertz CT molecular complexity index is 1650. The summed E-state index contributed by atoms with van der Waals surface area (Å²) in [5.74, 6) is 0. The molecule has 38 heavy (non-hydrogen) atoms. The van der Waals surface area contributed by atoms with Crippen molar-refractivity contribution in [1.82, 2.24) is 0 Å². The lowest BCUT2D eigenvalue weighted by Crippen LogP contribution is -2.27. The van der Waals surface area contributed by atoms with E-state index in [4.69, 9.17) is 33.0 Å². The number of fused-ring (bicyclic) bond motifs is 1. The molecular formula is C31H27Cl2N4P. The van der Waals surface area contributed by atoms with Crippen LogP contribution >= 0.6 is 30.4 Å². The summed E-state index contributed by atoms with van der Waals surface area (Å²) in [6, 6.07) is 34.7. The quantitative estimate of drug-likeness (QED) is 0.235. The van der Waals surface area contributed by atoms with E-state index < -0.39 is 7.21 Å². The molecule has 0 saturated heterocycles. The van der Waals surface area contributed by atoms with Gasteiger partial charge in [0.25, 0.3) is 0 Å². The monoisotopic (exact) mass is 556 g/mol. The molecule has 1 unspecified atom stereocenters. The van der Waals surface area contributed by atoms with Crippen molar-refractivity contribution in [3.63, 3.8) is 0 Å². The van der Waals surface area contributed by atoms with Crippen LogP contribution in [0.4, 0.5) is 17.1 Å². The average molecular weight is 557 g/mol. The van der Waals surface area contributed by atoms with Gasteiger partial charge in [-0.3, -0.25) is 0 Å². The molecule has 0 radical (unpaired) electrons. The fraction of sp³-hybridized carbons (Fsp3) is 0.129. The van der Waals surface area contributed by atoms with E-state index >= 15 is 0 Å². The van der Waals surface area contributed by atoms with E-state index in [2.05, 4.69) is 91.2 Å². The van der Waals surface area contributed by atoms with E-state index in [-0.39, 0.29) is 5.41 Å².